The second kappa shape index (κ2) is 11.2. The fourth-order valence-electron chi connectivity index (χ4n) is 2.31. The van der Waals surface area contributed by atoms with Gasteiger partial charge >= 0.3 is 0 Å². The van der Waals surface area contributed by atoms with Crippen LogP contribution >= 0.6 is 12.4 Å². The van der Waals surface area contributed by atoms with E-state index < -0.39 is 6.04 Å². The van der Waals surface area contributed by atoms with Gasteiger partial charge in [-0.1, -0.05) is 27.2 Å². The molecule has 0 saturated heterocycles. The summed E-state index contributed by atoms with van der Waals surface area (Å²) in [5, 5.41) is 2.85. The Morgan fingerprint density at radius 2 is 2.09 bits per heavy atom. The minimum Gasteiger partial charge on any atom is -0.475 e. The van der Waals surface area contributed by atoms with E-state index in [9.17, 15) is 4.79 Å². The number of carbonyl (C=O) groups excluding carboxylic acids is 1. The number of hydrogen-bond acceptors (Lipinski definition) is 4. The van der Waals surface area contributed by atoms with E-state index in [0.717, 1.165) is 18.4 Å². The maximum atomic E-state index is 11.8. The third-order valence-corrected chi connectivity index (χ3v) is 3.33. The lowest BCUT2D eigenvalue weighted by molar-refractivity contribution is -0.122. The molecule has 0 aliphatic heterocycles. The Morgan fingerprint density at radius 3 is 2.70 bits per heavy atom. The normalized spacial score (nSPS) is 13.1. The van der Waals surface area contributed by atoms with E-state index in [1.165, 1.54) is 0 Å². The fraction of sp³-hybridized carbons (Fsp3) is 0.647. The molecule has 0 fully saturated rings. The third-order valence-electron chi connectivity index (χ3n) is 3.33. The van der Waals surface area contributed by atoms with Gasteiger partial charge in [0.05, 0.1) is 12.1 Å². The van der Waals surface area contributed by atoms with Gasteiger partial charge in [0.1, 0.15) is 0 Å². The Labute approximate surface area is 145 Å². The second-order valence-corrected chi connectivity index (χ2v) is 6.17. The van der Waals surface area contributed by atoms with Crippen molar-refractivity contribution >= 4 is 18.3 Å². The number of nitrogens with one attached hydrogen (secondary N) is 1. The van der Waals surface area contributed by atoms with Gasteiger partial charge in [-0.05, 0) is 37.3 Å². The van der Waals surface area contributed by atoms with E-state index >= 15 is 0 Å². The topological polar surface area (TPSA) is 77.2 Å². The standard InChI is InChI=1S/C17H29N3O2.ClH/c1-5-6-15(18)17(21)20-11-14-7-8-19-16(10-14)22-13(4)9-12(2)3;/h7-8,10,12-13,15H,5-6,9,11,18H2,1-4H3,(H,20,21);1H. The molecule has 23 heavy (non-hydrogen) atoms. The first-order chi connectivity index (χ1) is 10.4. The molecule has 2 unspecified atom stereocenters. The van der Waals surface area contributed by atoms with Gasteiger partial charge < -0.3 is 15.8 Å². The Kier molecular flexibility index (Phi) is 10.6. The van der Waals surface area contributed by atoms with Gasteiger partial charge in [-0.15, -0.1) is 12.4 Å². The van der Waals surface area contributed by atoms with Crippen molar-refractivity contribution in [2.45, 2.75) is 65.6 Å². The molecule has 6 heteroatoms. The molecule has 1 heterocycles. The van der Waals surface area contributed by atoms with Crippen LogP contribution in [0.3, 0.4) is 0 Å². The van der Waals surface area contributed by atoms with Crippen LogP contribution in [0.4, 0.5) is 0 Å². The Balaban J connectivity index is 0.00000484. The van der Waals surface area contributed by atoms with Crippen molar-refractivity contribution in [1.82, 2.24) is 10.3 Å². The molecule has 0 saturated carbocycles. The number of aromatic nitrogens is 1. The van der Waals surface area contributed by atoms with Crippen LogP contribution in [0.5, 0.6) is 5.88 Å². The number of nitrogens with two attached hydrogens (primary N) is 1. The monoisotopic (exact) mass is 343 g/mol. The Morgan fingerprint density at radius 1 is 1.39 bits per heavy atom. The molecular formula is C17H30ClN3O2. The summed E-state index contributed by atoms with van der Waals surface area (Å²) in [6.45, 7) is 8.82. The summed E-state index contributed by atoms with van der Waals surface area (Å²) in [4.78, 5) is 16.0. The first-order valence-corrected chi connectivity index (χ1v) is 8.07. The summed E-state index contributed by atoms with van der Waals surface area (Å²) in [5.74, 6) is 1.06. The van der Waals surface area contributed by atoms with Gasteiger partial charge in [-0.25, -0.2) is 4.98 Å². The summed E-state index contributed by atoms with van der Waals surface area (Å²) in [7, 11) is 0. The van der Waals surface area contributed by atoms with Crippen LogP contribution < -0.4 is 15.8 Å². The molecule has 132 valence electrons. The smallest absolute Gasteiger partial charge is 0.237 e. The molecule has 0 bridgehead atoms. The molecule has 0 spiro atoms. The lowest BCUT2D eigenvalue weighted by atomic mass is 10.1. The third kappa shape index (κ3) is 8.77. The molecule has 1 amide bonds. The molecule has 2 atom stereocenters. The number of ether oxygens (including phenoxy) is 1. The number of rotatable bonds is 9. The average molecular weight is 344 g/mol. The van der Waals surface area contributed by atoms with Crippen LogP contribution in [0.2, 0.25) is 0 Å². The van der Waals surface area contributed by atoms with E-state index in [0.29, 0.717) is 24.8 Å². The number of amides is 1. The minimum atomic E-state index is -0.436. The molecule has 0 radical (unpaired) electrons. The van der Waals surface area contributed by atoms with Gasteiger partial charge in [0, 0.05) is 18.8 Å². The number of hydrogen-bond donors (Lipinski definition) is 2. The number of halogens is 1. The fourth-order valence-corrected chi connectivity index (χ4v) is 2.31. The van der Waals surface area contributed by atoms with Crippen molar-refractivity contribution in [3.05, 3.63) is 23.9 Å². The SMILES string of the molecule is CCCC(N)C(=O)NCc1ccnc(OC(C)CC(C)C)c1.Cl. The Hall–Kier alpha value is -1.33. The number of pyridine rings is 1. The van der Waals surface area contributed by atoms with Gasteiger partial charge in [-0.2, -0.15) is 0 Å². The van der Waals surface area contributed by atoms with Crippen molar-refractivity contribution in [2.24, 2.45) is 11.7 Å². The van der Waals surface area contributed by atoms with Crippen molar-refractivity contribution in [3.63, 3.8) is 0 Å². The first kappa shape index (κ1) is 21.7. The highest BCUT2D eigenvalue weighted by Gasteiger charge is 2.12. The van der Waals surface area contributed by atoms with Gasteiger partial charge in [0.2, 0.25) is 11.8 Å². The molecule has 3 N–H and O–H groups in total. The molecule has 1 aromatic heterocycles. The quantitative estimate of drug-likeness (QED) is 0.722. The summed E-state index contributed by atoms with van der Waals surface area (Å²) in [6, 6.07) is 3.29. The molecule has 5 nitrogen and oxygen atoms in total. The zero-order valence-electron chi connectivity index (χ0n) is 14.5. The predicted molar refractivity (Wildman–Crippen MR) is 95.8 cm³/mol. The second-order valence-electron chi connectivity index (χ2n) is 6.17. The van der Waals surface area contributed by atoms with Crippen LogP contribution in [0, 0.1) is 5.92 Å². The lowest BCUT2D eigenvalue weighted by Gasteiger charge is -2.16. The summed E-state index contributed by atoms with van der Waals surface area (Å²) < 4.78 is 5.81. The summed E-state index contributed by atoms with van der Waals surface area (Å²) in [5.41, 5.74) is 6.74. The zero-order chi connectivity index (χ0) is 16.5. The molecule has 0 aromatic carbocycles. The van der Waals surface area contributed by atoms with E-state index in [-0.39, 0.29) is 24.4 Å². The maximum absolute atomic E-state index is 11.8. The van der Waals surface area contributed by atoms with Crippen molar-refractivity contribution < 1.29 is 9.53 Å². The zero-order valence-corrected chi connectivity index (χ0v) is 15.4. The van der Waals surface area contributed by atoms with Crippen LogP contribution in [0.15, 0.2) is 18.3 Å². The highest BCUT2D eigenvalue weighted by Crippen LogP contribution is 2.14. The van der Waals surface area contributed by atoms with Crippen LogP contribution in [-0.2, 0) is 11.3 Å². The molecule has 0 aliphatic rings. The number of nitrogens with zero attached hydrogens (tertiary/aromatic N) is 1. The van der Waals surface area contributed by atoms with Gasteiger partial charge in [-0.3, -0.25) is 4.79 Å². The maximum Gasteiger partial charge on any atom is 0.237 e. The number of carbonyl (C=O) groups is 1. The molecular weight excluding hydrogens is 314 g/mol. The predicted octanol–water partition coefficient (Wildman–Crippen LogP) is 3.06. The largest absolute Gasteiger partial charge is 0.475 e. The van der Waals surface area contributed by atoms with Crippen LogP contribution in [0.1, 0.15) is 52.5 Å². The van der Waals surface area contributed by atoms with E-state index in [2.05, 4.69) is 24.1 Å². The van der Waals surface area contributed by atoms with Crippen molar-refractivity contribution in [1.29, 1.82) is 0 Å². The van der Waals surface area contributed by atoms with Crippen LogP contribution in [0.25, 0.3) is 0 Å². The molecule has 1 aromatic rings. The van der Waals surface area contributed by atoms with E-state index in [1.54, 1.807) is 6.20 Å². The summed E-state index contributed by atoms with van der Waals surface area (Å²) >= 11 is 0. The summed E-state index contributed by atoms with van der Waals surface area (Å²) in [6.07, 6.45) is 4.40. The van der Waals surface area contributed by atoms with Crippen molar-refractivity contribution in [3.8, 4) is 5.88 Å². The highest BCUT2D eigenvalue weighted by molar-refractivity contribution is 5.85. The van der Waals surface area contributed by atoms with Gasteiger partial charge in [0.25, 0.3) is 0 Å². The average Bonchev–Trinajstić information content (AvgIpc) is 2.44. The van der Waals surface area contributed by atoms with Crippen LogP contribution in [-0.4, -0.2) is 23.0 Å². The van der Waals surface area contributed by atoms with Gasteiger partial charge in [0.15, 0.2) is 0 Å². The Bertz CT molecular complexity index is 469. The highest BCUT2D eigenvalue weighted by atomic mass is 35.5. The first-order valence-electron chi connectivity index (χ1n) is 8.07. The van der Waals surface area contributed by atoms with E-state index in [1.807, 2.05) is 26.0 Å². The lowest BCUT2D eigenvalue weighted by Crippen LogP contribution is -2.40. The minimum absolute atomic E-state index is 0. The van der Waals surface area contributed by atoms with E-state index in [4.69, 9.17) is 10.5 Å². The molecule has 0 aliphatic carbocycles. The molecule has 1 rings (SSSR count). The van der Waals surface area contributed by atoms with Crippen molar-refractivity contribution in [2.75, 3.05) is 0 Å².